The Morgan fingerprint density at radius 2 is 2.43 bits per heavy atom. The lowest BCUT2D eigenvalue weighted by Crippen LogP contribution is -2.30. The fraction of sp³-hybridized carbons (Fsp3) is 0.455. The van der Waals surface area contributed by atoms with Gasteiger partial charge in [0.2, 0.25) is 0 Å². The SMILES string of the molecule is COCC1CNCc2c(Cl)cccc21. The number of methoxy groups -OCH3 is 1. The topological polar surface area (TPSA) is 21.3 Å². The molecule has 14 heavy (non-hydrogen) atoms. The highest BCUT2D eigenvalue weighted by molar-refractivity contribution is 6.31. The average Bonchev–Trinajstić information content (AvgIpc) is 2.20. The predicted octanol–water partition coefficient (Wildman–Crippen LogP) is 2.17. The molecule has 0 spiro atoms. The molecule has 0 radical (unpaired) electrons. The van der Waals surface area contributed by atoms with Crippen LogP contribution in [0.15, 0.2) is 18.2 Å². The minimum absolute atomic E-state index is 0.433. The van der Waals surface area contributed by atoms with Crippen molar-refractivity contribution in [1.82, 2.24) is 5.32 Å². The average molecular weight is 212 g/mol. The van der Waals surface area contributed by atoms with E-state index in [4.69, 9.17) is 16.3 Å². The van der Waals surface area contributed by atoms with Gasteiger partial charge >= 0.3 is 0 Å². The summed E-state index contributed by atoms with van der Waals surface area (Å²) in [6.07, 6.45) is 0. The summed E-state index contributed by atoms with van der Waals surface area (Å²) in [5, 5.41) is 4.21. The Balaban J connectivity index is 2.34. The predicted molar refractivity (Wildman–Crippen MR) is 57.8 cm³/mol. The summed E-state index contributed by atoms with van der Waals surface area (Å²) in [6, 6.07) is 6.10. The van der Waals surface area contributed by atoms with Crippen LogP contribution in [-0.4, -0.2) is 20.3 Å². The van der Waals surface area contributed by atoms with Crippen LogP contribution in [0.25, 0.3) is 0 Å². The normalized spacial score (nSPS) is 20.6. The maximum atomic E-state index is 6.13. The summed E-state index contributed by atoms with van der Waals surface area (Å²) >= 11 is 6.13. The van der Waals surface area contributed by atoms with Gasteiger partial charge in [-0.3, -0.25) is 0 Å². The molecule has 1 N–H and O–H groups in total. The minimum atomic E-state index is 0.433. The van der Waals surface area contributed by atoms with Gasteiger partial charge in [-0.15, -0.1) is 0 Å². The molecule has 76 valence electrons. The van der Waals surface area contributed by atoms with Gasteiger partial charge in [-0.2, -0.15) is 0 Å². The van der Waals surface area contributed by atoms with E-state index in [1.165, 1.54) is 11.1 Å². The molecule has 1 unspecified atom stereocenters. The molecule has 3 heteroatoms. The molecule has 0 aromatic heterocycles. The second-order valence-corrected chi connectivity index (χ2v) is 4.00. The van der Waals surface area contributed by atoms with Gasteiger partial charge < -0.3 is 10.1 Å². The maximum Gasteiger partial charge on any atom is 0.0543 e. The first-order valence-electron chi connectivity index (χ1n) is 4.80. The zero-order valence-electron chi connectivity index (χ0n) is 8.22. The summed E-state index contributed by atoms with van der Waals surface area (Å²) in [4.78, 5) is 0. The van der Waals surface area contributed by atoms with E-state index in [2.05, 4.69) is 11.4 Å². The van der Waals surface area contributed by atoms with Crippen molar-refractivity contribution in [3.8, 4) is 0 Å². The third-order valence-corrected chi connectivity index (χ3v) is 3.01. The number of nitrogens with one attached hydrogen (secondary N) is 1. The Morgan fingerprint density at radius 3 is 3.21 bits per heavy atom. The van der Waals surface area contributed by atoms with Crippen molar-refractivity contribution in [2.24, 2.45) is 0 Å². The molecule has 0 fully saturated rings. The van der Waals surface area contributed by atoms with E-state index in [9.17, 15) is 0 Å². The van der Waals surface area contributed by atoms with Crippen molar-refractivity contribution in [3.05, 3.63) is 34.3 Å². The molecule has 1 aromatic carbocycles. The van der Waals surface area contributed by atoms with Gasteiger partial charge in [0.25, 0.3) is 0 Å². The minimum Gasteiger partial charge on any atom is -0.384 e. The van der Waals surface area contributed by atoms with Crippen LogP contribution in [-0.2, 0) is 11.3 Å². The highest BCUT2D eigenvalue weighted by Crippen LogP contribution is 2.29. The number of hydrogen-bond acceptors (Lipinski definition) is 2. The molecular weight excluding hydrogens is 198 g/mol. The molecule has 0 amide bonds. The van der Waals surface area contributed by atoms with E-state index < -0.39 is 0 Å². The number of fused-ring (bicyclic) bond motifs is 1. The number of benzene rings is 1. The zero-order valence-corrected chi connectivity index (χ0v) is 8.97. The fourth-order valence-electron chi connectivity index (χ4n) is 1.98. The van der Waals surface area contributed by atoms with Crippen LogP contribution in [0, 0.1) is 0 Å². The molecule has 0 bridgehead atoms. The monoisotopic (exact) mass is 211 g/mol. The molecule has 1 aromatic rings. The molecule has 1 atom stereocenters. The first kappa shape index (κ1) is 9.97. The van der Waals surface area contributed by atoms with Crippen LogP contribution in [0.2, 0.25) is 5.02 Å². The van der Waals surface area contributed by atoms with E-state index in [0.29, 0.717) is 5.92 Å². The lowest BCUT2D eigenvalue weighted by atomic mass is 9.91. The van der Waals surface area contributed by atoms with E-state index in [1.54, 1.807) is 7.11 Å². The number of ether oxygens (including phenoxy) is 1. The van der Waals surface area contributed by atoms with Gasteiger partial charge in [0, 0.05) is 31.1 Å². The summed E-state index contributed by atoms with van der Waals surface area (Å²) in [6.45, 7) is 2.59. The van der Waals surface area contributed by atoms with Gasteiger partial charge in [-0.1, -0.05) is 23.7 Å². The highest BCUT2D eigenvalue weighted by Gasteiger charge is 2.20. The Labute approximate surface area is 89.2 Å². The van der Waals surface area contributed by atoms with Gasteiger partial charge in [-0.25, -0.2) is 0 Å². The van der Waals surface area contributed by atoms with E-state index in [1.807, 2.05) is 12.1 Å². The Hall–Kier alpha value is -0.570. The standard InChI is InChI=1S/C11H14ClNO/c1-14-7-8-5-13-6-10-9(8)3-2-4-11(10)12/h2-4,8,13H,5-7H2,1H3. The van der Waals surface area contributed by atoms with Crippen LogP contribution in [0.1, 0.15) is 17.0 Å². The fourth-order valence-corrected chi connectivity index (χ4v) is 2.22. The van der Waals surface area contributed by atoms with E-state index >= 15 is 0 Å². The molecule has 1 heterocycles. The Kier molecular flexibility index (Phi) is 3.06. The third kappa shape index (κ3) is 1.78. The van der Waals surface area contributed by atoms with Gasteiger partial charge in [0.05, 0.1) is 6.61 Å². The van der Waals surface area contributed by atoms with Crippen LogP contribution < -0.4 is 5.32 Å². The maximum absolute atomic E-state index is 6.13. The molecule has 0 saturated carbocycles. The highest BCUT2D eigenvalue weighted by atomic mass is 35.5. The molecule has 2 rings (SSSR count). The van der Waals surface area contributed by atoms with Crippen LogP contribution in [0.5, 0.6) is 0 Å². The second kappa shape index (κ2) is 4.30. The van der Waals surface area contributed by atoms with Crippen LogP contribution in [0.4, 0.5) is 0 Å². The lowest BCUT2D eigenvalue weighted by molar-refractivity contribution is 0.175. The van der Waals surface area contributed by atoms with Crippen molar-refractivity contribution in [2.45, 2.75) is 12.5 Å². The number of halogens is 1. The van der Waals surface area contributed by atoms with Crippen molar-refractivity contribution < 1.29 is 4.74 Å². The molecule has 1 aliphatic rings. The van der Waals surface area contributed by atoms with E-state index in [-0.39, 0.29) is 0 Å². The summed E-state index contributed by atoms with van der Waals surface area (Å²) in [5.74, 6) is 0.433. The summed E-state index contributed by atoms with van der Waals surface area (Å²) in [5.41, 5.74) is 2.56. The first-order chi connectivity index (χ1) is 6.83. The molecular formula is C11H14ClNO. The molecule has 1 aliphatic heterocycles. The molecule has 2 nitrogen and oxygen atoms in total. The van der Waals surface area contributed by atoms with Crippen molar-refractivity contribution in [1.29, 1.82) is 0 Å². The van der Waals surface area contributed by atoms with Crippen molar-refractivity contribution in [3.63, 3.8) is 0 Å². The third-order valence-electron chi connectivity index (χ3n) is 2.66. The van der Waals surface area contributed by atoms with Crippen molar-refractivity contribution >= 4 is 11.6 Å². The quantitative estimate of drug-likeness (QED) is 0.810. The Bertz CT molecular complexity index is 327. The van der Waals surface area contributed by atoms with Crippen LogP contribution >= 0.6 is 11.6 Å². The summed E-state index contributed by atoms with van der Waals surface area (Å²) < 4.78 is 5.19. The van der Waals surface area contributed by atoms with Gasteiger partial charge in [0.15, 0.2) is 0 Å². The smallest absolute Gasteiger partial charge is 0.0543 e. The first-order valence-corrected chi connectivity index (χ1v) is 5.17. The van der Waals surface area contributed by atoms with Gasteiger partial charge in [0.1, 0.15) is 0 Å². The van der Waals surface area contributed by atoms with E-state index in [0.717, 1.165) is 24.7 Å². The van der Waals surface area contributed by atoms with Crippen molar-refractivity contribution in [2.75, 3.05) is 20.3 Å². The number of hydrogen-bond donors (Lipinski definition) is 1. The second-order valence-electron chi connectivity index (χ2n) is 3.59. The lowest BCUT2D eigenvalue weighted by Gasteiger charge is -2.26. The number of rotatable bonds is 2. The molecule has 0 saturated heterocycles. The largest absolute Gasteiger partial charge is 0.384 e. The molecule has 0 aliphatic carbocycles. The van der Waals surface area contributed by atoms with Crippen LogP contribution in [0.3, 0.4) is 0 Å². The zero-order chi connectivity index (χ0) is 9.97. The summed E-state index contributed by atoms with van der Waals surface area (Å²) in [7, 11) is 1.73. The Morgan fingerprint density at radius 1 is 1.57 bits per heavy atom. The van der Waals surface area contributed by atoms with Gasteiger partial charge in [-0.05, 0) is 17.2 Å².